The molecule has 1 saturated heterocycles. The number of hydrogen-bond donors (Lipinski definition) is 0. The Kier molecular flexibility index (Phi) is 4.02. The van der Waals surface area contributed by atoms with Crippen molar-refractivity contribution in [1.82, 2.24) is 4.90 Å². The lowest BCUT2D eigenvalue weighted by Crippen LogP contribution is -2.52. The highest BCUT2D eigenvalue weighted by Crippen LogP contribution is 2.39. The Morgan fingerprint density at radius 2 is 1.81 bits per heavy atom. The molecule has 0 saturated carbocycles. The molecule has 0 bridgehead atoms. The van der Waals surface area contributed by atoms with Crippen LogP contribution in [0.5, 0.6) is 5.75 Å². The molecule has 1 amide bonds. The van der Waals surface area contributed by atoms with Crippen molar-refractivity contribution in [2.45, 2.75) is 31.8 Å². The van der Waals surface area contributed by atoms with Crippen LogP contribution in [0.15, 0.2) is 42.5 Å². The van der Waals surface area contributed by atoms with Crippen LogP contribution in [0, 0.1) is 12.7 Å². The van der Waals surface area contributed by atoms with Crippen molar-refractivity contribution in [1.29, 1.82) is 0 Å². The fourth-order valence-electron chi connectivity index (χ4n) is 3.78. The molecule has 2 aromatic carbocycles. The summed E-state index contributed by atoms with van der Waals surface area (Å²) in [7, 11) is 0. The molecule has 0 N–H and O–H groups in total. The fourth-order valence-corrected chi connectivity index (χ4v) is 3.78. The fraction of sp³-hybridized carbons (Fsp3) is 0.333. The first-order valence-corrected chi connectivity index (χ1v) is 8.84. The van der Waals surface area contributed by atoms with Crippen molar-refractivity contribution in [3.05, 3.63) is 65.0 Å². The summed E-state index contributed by atoms with van der Waals surface area (Å²) in [5.74, 6) is 0.276. The highest BCUT2D eigenvalue weighted by molar-refractivity contribution is 6.00. The summed E-state index contributed by atoms with van der Waals surface area (Å²) in [6, 6.07) is 11.3. The second-order valence-corrected chi connectivity index (χ2v) is 7.18. The number of benzene rings is 2. The summed E-state index contributed by atoms with van der Waals surface area (Å²) < 4.78 is 19.3. The summed E-state index contributed by atoms with van der Waals surface area (Å²) >= 11 is 0. The summed E-state index contributed by atoms with van der Waals surface area (Å²) in [6.07, 6.45) is 1.57. The molecule has 2 aromatic rings. The third kappa shape index (κ3) is 2.98. The number of halogens is 1. The number of piperidine rings is 1. The summed E-state index contributed by atoms with van der Waals surface area (Å²) in [6.45, 7) is 2.99. The lowest BCUT2D eigenvalue weighted by Gasteiger charge is -2.44. The van der Waals surface area contributed by atoms with Crippen LogP contribution in [-0.4, -0.2) is 35.3 Å². The predicted octanol–water partition coefficient (Wildman–Crippen LogP) is 3.77. The number of ether oxygens (including phenoxy) is 1. The third-order valence-electron chi connectivity index (χ3n) is 5.30. The van der Waals surface area contributed by atoms with Crippen LogP contribution in [0.1, 0.15) is 45.5 Å². The van der Waals surface area contributed by atoms with Crippen molar-refractivity contribution in [3.63, 3.8) is 0 Å². The van der Waals surface area contributed by atoms with Gasteiger partial charge in [-0.05, 0) is 43.3 Å². The van der Waals surface area contributed by atoms with E-state index in [9.17, 15) is 14.0 Å². The average Bonchev–Trinajstić information content (AvgIpc) is 2.63. The van der Waals surface area contributed by atoms with Gasteiger partial charge in [0, 0.05) is 31.5 Å². The number of hydrogen-bond acceptors (Lipinski definition) is 3. The molecule has 4 nitrogen and oxygen atoms in total. The van der Waals surface area contributed by atoms with Gasteiger partial charge < -0.3 is 9.64 Å². The van der Waals surface area contributed by atoms with Crippen molar-refractivity contribution < 1.29 is 18.7 Å². The Balaban J connectivity index is 1.48. The number of carbonyl (C=O) groups excluding carboxylic acids is 2. The number of nitrogens with zero attached hydrogens (tertiary/aromatic N) is 1. The van der Waals surface area contributed by atoms with Crippen LogP contribution in [-0.2, 0) is 0 Å². The Labute approximate surface area is 151 Å². The summed E-state index contributed by atoms with van der Waals surface area (Å²) in [5, 5.41) is 0. The van der Waals surface area contributed by atoms with Gasteiger partial charge in [-0.2, -0.15) is 0 Å². The molecule has 1 spiro atoms. The standard InChI is InChI=1S/C21H20FNO3/c1-14-2-7-19-17(12-14)18(24)13-21(26-19)8-10-23(11-9-21)20(25)15-3-5-16(22)6-4-15/h2-7,12H,8-11,13H2,1H3. The van der Waals surface area contributed by atoms with Gasteiger partial charge in [-0.3, -0.25) is 9.59 Å². The first kappa shape index (κ1) is 16.8. The largest absolute Gasteiger partial charge is 0.486 e. The summed E-state index contributed by atoms with van der Waals surface area (Å²) in [5.41, 5.74) is 1.64. The molecule has 0 atom stereocenters. The van der Waals surface area contributed by atoms with Gasteiger partial charge in [0.25, 0.3) is 5.91 Å². The van der Waals surface area contributed by atoms with Crippen molar-refractivity contribution in [3.8, 4) is 5.75 Å². The number of aryl methyl sites for hydroxylation is 1. The molecule has 2 aliphatic rings. The van der Waals surface area contributed by atoms with Gasteiger partial charge in [-0.1, -0.05) is 11.6 Å². The van der Waals surface area contributed by atoms with Gasteiger partial charge in [0.15, 0.2) is 5.78 Å². The molecule has 134 valence electrons. The smallest absolute Gasteiger partial charge is 0.253 e. The number of likely N-dealkylation sites (tertiary alicyclic amines) is 1. The van der Waals surface area contributed by atoms with E-state index in [1.165, 1.54) is 24.3 Å². The number of ketones is 1. The minimum Gasteiger partial charge on any atom is -0.486 e. The van der Waals surface area contributed by atoms with E-state index in [0.29, 0.717) is 49.2 Å². The van der Waals surface area contributed by atoms with Gasteiger partial charge in [0.2, 0.25) is 0 Å². The number of rotatable bonds is 1. The van der Waals surface area contributed by atoms with E-state index in [-0.39, 0.29) is 17.5 Å². The zero-order valence-corrected chi connectivity index (χ0v) is 14.6. The third-order valence-corrected chi connectivity index (χ3v) is 5.30. The number of amides is 1. The molecule has 0 radical (unpaired) electrons. The second kappa shape index (κ2) is 6.24. The van der Waals surface area contributed by atoms with Gasteiger partial charge in [0.1, 0.15) is 17.2 Å². The molecule has 0 unspecified atom stereocenters. The maximum absolute atomic E-state index is 13.0. The van der Waals surface area contributed by atoms with Gasteiger partial charge in [-0.15, -0.1) is 0 Å². The van der Waals surface area contributed by atoms with Gasteiger partial charge in [0.05, 0.1) is 12.0 Å². The predicted molar refractivity (Wildman–Crippen MR) is 95.0 cm³/mol. The first-order valence-electron chi connectivity index (χ1n) is 8.84. The molecular formula is C21H20FNO3. The molecule has 2 aliphatic heterocycles. The molecule has 5 heteroatoms. The Hall–Kier alpha value is -2.69. The SMILES string of the molecule is Cc1ccc2c(c1)C(=O)CC1(CCN(C(=O)c3ccc(F)cc3)CC1)O2. The highest BCUT2D eigenvalue weighted by atomic mass is 19.1. The topological polar surface area (TPSA) is 46.6 Å². The second-order valence-electron chi connectivity index (χ2n) is 7.18. The zero-order chi connectivity index (χ0) is 18.3. The number of carbonyl (C=O) groups is 2. The lowest BCUT2D eigenvalue weighted by atomic mass is 9.82. The van der Waals surface area contributed by atoms with Crippen LogP contribution in [0.4, 0.5) is 4.39 Å². The minimum atomic E-state index is -0.529. The molecule has 2 heterocycles. The Morgan fingerprint density at radius 3 is 2.50 bits per heavy atom. The van der Waals surface area contributed by atoms with E-state index in [1.807, 2.05) is 25.1 Å². The highest BCUT2D eigenvalue weighted by Gasteiger charge is 2.43. The van der Waals surface area contributed by atoms with E-state index >= 15 is 0 Å². The van der Waals surface area contributed by atoms with E-state index < -0.39 is 5.60 Å². The molecule has 0 aliphatic carbocycles. The van der Waals surface area contributed by atoms with Crippen LogP contribution in [0.3, 0.4) is 0 Å². The molecule has 0 aromatic heterocycles. The van der Waals surface area contributed by atoms with Crippen LogP contribution >= 0.6 is 0 Å². The normalized spacial score (nSPS) is 18.4. The van der Waals surface area contributed by atoms with E-state index in [2.05, 4.69) is 0 Å². The van der Waals surface area contributed by atoms with Crippen LogP contribution in [0.2, 0.25) is 0 Å². The molecule has 1 fully saturated rings. The average molecular weight is 353 g/mol. The van der Waals surface area contributed by atoms with E-state index in [4.69, 9.17) is 4.74 Å². The van der Waals surface area contributed by atoms with Crippen molar-refractivity contribution in [2.75, 3.05) is 13.1 Å². The maximum atomic E-state index is 13.0. The summed E-state index contributed by atoms with van der Waals surface area (Å²) in [4.78, 5) is 26.9. The molecule has 4 rings (SSSR count). The Bertz CT molecular complexity index is 867. The van der Waals surface area contributed by atoms with E-state index in [0.717, 1.165) is 5.56 Å². The maximum Gasteiger partial charge on any atom is 0.253 e. The van der Waals surface area contributed by atoms with Gasteiger partial charge in [-0.25, -0.2) is 4.39 Å². The first-order chi connectivity index (χ1) is 12.5. The number of Topliss-reactive ketones (excluding diaryl/α,β-unsaturated/α-hetero) is 1. The van der Waals surface area contributed by atoms with Gasteiger partial charge >= 0.3 is 0 Å². The Morgan fingerprint density at radius 1 is 1.12 bits per heavy atom. The van der Waals surface area contributed by atoms with Crippen molar-refractivity contribution in [2.24, 2.45) is 0 Å². The molecular weight excluding hydrogens is 333 g/mol. The minimum absolute atomic E-state index is 0.105. The van der Waals surface area contributed by atoms with Crippen LogP contribution in [0.25, 0.3) is 0 Å². The lowest BCUT2D eigenvalue weighted by molar-refractivity contribution is -0.00572. The quantitative estimate of drug-likeness (QED) is 0.784. The number of fused-ring (bicyclic) bond motifs is 1. The van der Waals surface area contributed by atoms with Crippen molar-refractivity contribution >= 4 is 11.7 Å². The molecule has 26 heavy (non-hydrogen) atoms. The monoisotopic (exact) mass is 353 g/mol. The zero-order valence-electron chi connectivity index (χ0n) is 14.6. The van der Waals surface area contributed by atoms with Crippen LogP contribution < -0.4 is 4.74 Å². The van der Waals surface area contributed by atoms with E-state index in [1.54, 1.807) is 4.90 Å².